The fourth-order valence-electron chi connectivity index (χ4n) is 4.46. The molecule has 29 heavy (non-hydrogen) atoms. The zero-order valence-electron chi connectivity index (χ0n) is 16.5. The average Bonchev–Trinajstić information content (AvgIpc) is 2.79. The van der Waals surface area contributed by atoms with Crippen molar-refractivity contribution in [1.29, 1.82) is 0 Å². The van der Waals surface area contributed by atoms with Crippen LogP contribution >= 0.6 is 11.6 Å². The smallest absolute Gasteiger partial charge is 0.255 e. The number of benzene rings is 1. The summed E-state index contributed by atoms with van der Waals surface area (Å²) in [5, 5.41) is 0.368. The van der Waals surface area contributed by atoms with Gasteiger partial charge in [0.05, 0.1) is 11.5 Å². The lowest BCUT2D eigenvalue weighted by Crippen LogP contribution is -2.48. The van der Waals surface area contributed by atoms with Gasteiger partial charge >= 0.3 is 0 Å². The van der Waals surface area contributed by atoms with Crippen molar-refractivity contribution in [2.24, 2.45) is 5.92 Å². The van der Waals surface area contributed by atoms with Crippen LogP contribution in [0, 0.1) is 5.92 Å². The van der Waals surface area contributed by atoms with Crippen LogP contribution in [0.25, 0.3) is 0 Å². The number of likely N-dealkylation sites (tertiary alicyclic amines) is 2. The number of piperidine rings is 2. The lowest BCUT2D eigenvalue weighted by molar-refractivity contribution is -0.138. The number of hydrogen-bond acceptors (Lipinski definition) is 3. The third kappa shape index (κ3) is 4.61. The monoisotopic (exact) mass is 411 g/mol. The maximum atomic E-state index is 13.1. The molecule has 1 aromatic heterocycles. The quantitative estimate of drug-likeness (QED) is 0.717. The maximum Gasteiger partial charge on any atom is 0.255 e. The lowest BCUT2D eigenvalue weighted by Gasteiger charge is -2.38. The zero-order valence-corrected chi connectivity index (χ0v) is 17.2. The Hall–Kier alpha value is -2.40. The van der Waals surface area contributed by atoms with Gasteiger partial charge in [0.25, 0.3) is 5.91 Å². The Morgan fingerprint density at radius 2 is 1.69 bits per heavy atom. The Balaban J connectivity index is 1.34. The van der Waals surface area contributed by atoms with Gasteiger partial charge in [0.15, 0.2) is 0 Å². The topological polar surface area (TPSA) is 53.5 Å². The second-order valence-electron chi connectivity index (χ2n) is 7.97. The normalized spacial score (nSPS) is 20.5. The van der Waals surface area contributed by atoms with E-state index in [-0.39, 0.29) is 17.7 Å². The van der Waals surface area contributed by atoms with E-state index in [0.717, 1.165) is 38.8 Å². The first-order valence-electron chi connectivity index (χ1n) is 10.4. The fourth-order valence-corrected chi connectivity index (χ4v) is 4.58. The molecule has 0 radical (unpaired) electrons. The van der Waals surface area contributed by atoms with Gasteiger partial charge < -0.3 is 9.80 Å². The minimum absolute atomic E-state index is 0.0746. The molecule has 6 heteroatoms. The summed E-state index contributed by atoms with van der Waals surface area (Å²) in [5.41, 5.74) is 1.89. The van der Waals surface area contributed by atoms with Crippen LogP contribution in [0.15, 0.2) is 48.7 Å². The summed E-state index contributed by atoms with van der Waals surface area (Å²) in [4.78, 5) is 33.7. The second-order valence-corrected chi connectivity index (χ2v) is 8.36. The Kier molecular flexibility index (Phi) is 6.14. The van der Waals surface area contributed by atoms with Crippen molar-refractivity contribution in [3.63, 3.8) is 0 Å². The molecule has 2 saturated heterocycles. The maximum absolute atomic E-state index is 13.1. The van der Waals surface area contributed by atoms with Crippen LogP contribution in [-0.2, 0) is 4.79 Å². The van der Waals surface area contributed by atoms with Gasteiger partial charge in [0.1, 0.15) is 5.15 Å². The third-order valence-corrected chi connectivity index (χ3v) is 6.33. The van der Waals surface area contributed by atoms with Crippen molar-refractivity contribution in [3.05, 3.63) is 64.9 Å². The highest BCUT2D eigenvalue weighted by Crippen LogP contribution is 2.29. The van der Waals surface area contributed by atoms with E-state index in [1.54, 1.807) is 17.0 Å². The summed E-state index contributed by atoms with van der Waals surface area (Å²) in [7, 11) is 0. The van der Waals surface area contributed by atoms with Gasteiger partial charge in [-0.25, -0.2) is 4.98 Å². The summed E-state index contributed by atoms with van der Waals surface area (Å²) in [6.07, 6.45) is 5.21. The second kappa shape index (κ2) is 8.95. The summed E-state index contributed by atoms with van der Waals surface area (Å²) in [6, 6.07) is 13.9. The Bertz CT molecular complexity index is 848. The van der Waals surface area contributed by atoms with Crippen LogP contribution in [0.1, 0.15) is 47.5 Å². The Labute approximate surface area is 176 Å². The van der Waals surface area contributed by atoms with Crippen molar-refractivity contribution < 1.29 is 9.59 Å². The highest BCUT2D eigenvalue weighted by atomic mass is 35.5. The average molecular weight is 412 g/mol. The lowest BCUT2D eigenvalue weighted by atomic mass is 9.88. The van der Waals surface area contributed by atoms with Crippen LogP contribution < -0.4 is 0 Å². The molecule has 3 heterocycles. The van der Waals surface area contributed by atoms with Crippen molar-refractivity contribution in [1.82, 2.24) is 14.8 Å². The molecule has 4 rings (SSSR count). The van der Waals surface area contributed by atoms with Gasteiger partial charge in [0, 0.05) is 32.4 Å². The highest BCUT2D eigenvalue weighted by molar-refractivity contribution is 6.29. The van der Waals surface area contributed by atoms with E-state index in [1.165, 1.54) is 11.8 Å². The molecule has 1 aromatic carbocycles. The van der Waals surface area contributed by atoms with E-state index in [0.29, 0.717) is 29.7 Å². The molecule has 2 amide bonds. The minimum atomic E-state index is -0.110. The fraction of sp³-hybridized carbons (Fsp3) is 0.435. The van der Waals surface area contributed by atoms with Crippen molar-refractivity contribution in [2.75, 3.05) is 26.2 Å². The van der Waals surface area contributed by atoms with E-state index >= 15 is 0 Å². The summed E-state index contributed by atoms with van der Waals surface area (Å²) < 4.78 is 0. The first kappa shape index (κ1) is 19.9. The Morgan fingerprint density at radius 3 is 2.38 bits per heavy atom. The molecule has 2 aliphatic heterocycles. The molecule has 0 bridgehead atoms. The highest BCUT2D eigenvalue weighted by Gasteiger charge is 2.33. The first-order chi connectivity index (χ1) is 14.1. The van der Waals surface area contributed by atoms with Gasteiger partial charge in [-0.3, -0.25) is 9.59 Å². The molecule has 2 aromatic rings. The van der Waals surface area contributed by atoms with Crippen LogP contribution in [0.4, 0.5) is 0 Å². The molecular weight excluding hydrogens is 386 g/mol. The van der Waals surface area contributed by atoms with E-state index in [1.807, 2.05) is 11.0 Å². The predicted molar refractivity (Wildman–Crippen MR) is 113 cm³/mol. The molecule has 1 unspecified atom stereocenters. The number of nitrogens with zero attached hydrogens (tertiary/aromatic N) is 3. The number of carbonyl (C=O) groups is 2. The molecular formula is C23H26ClN3O2. The number of carbonyl (C=O) groups excluding carboxylic acids is 2. The summed E-state index contributed by atoms with van der Waals surface area (Å²) >= 11 is 5.82. The van der Waals surface area contributed by atoms with Crippen LogP contribution in [0.3, 0.4) is 0 Å². The Morgan fingerprint density at radius 1 is 0.931 bits per heavy atom. The zero-order chi connectivity index (χ0) is 20.2. The molecule has 0 N–H and O–H groups in total. The van der Waals surface area contributed by atoms with Gasteiger partial charge in [0.2, 0.25) is 5.91 Å². The van der Waals surface area contributed by atoms with Crippen molar-refractivity contribution in [3.8, 4) is 0 Å². The number of hydrogen-bond donors (Lipinski definition) is 0. The van der Waals surface area contributed by atoms with E-state index in [9.17, 15) is 9.59 Å². The third-order valence-electron chi connectivity index (χ3n) is 6.11. The van der Waals surface area contributed by atoms with Gasteiger partial charge in [-0.05, 0) is 49.3 Å². The molecule has 0 saturated carbocycles. The largest absolute Gasteiger partial charge is 0.342 e. The van der Waals surface area contributed by atoms with Gasteiger partial charge in [-0.15, -0.1) is 0 Å². The summed E-state index contributed by atoms with van der Waals surface area (Å²) in [5.74, 6) is 0.543. The minimum Gasteiger partial charge on any atom is -0.342 e. The van der Waals surface area contributed by atoms with Crippen LogP contribution in [0.2, 0.25) is 5.15 Å². The van der Waals surface area contributed by atoms with Crippen LogP contribution in [0.5, 0.6) is 0 Å². The molecule has 1 atom stereocenters. The molecule has 0 aliphatic carbocycles. The molecule has 2 aliphatic rings. The van der Waals surface area contributed by atoms with Crippen molar-refractivity contribution >= 4 is 23.4 Å². The number of rotatable bonds is 3. The molecule has 5 nitrogen and oxygen atoms in total. The van der Waals surface area contributed by atoms with E-state index in [4.69, 9.17) is 11.6 Å². The standard InChI is InChI=1S/C23H26ClN3O2/c24-21-9-8-19(15-25-21)22(28)27-12-4-7-20(16-27)23(29)26-13-10-18(11-14-26)17-5-2-1-3-6-17/h1-3,5-6,8-9,15,18,20H,4,7,10-14,16H2. The number of amides is 2. The van der Waals surface area contributed by atoms with Gasteiger partial charge in [-0.1, -0.05) is 41.9 Å². The van der Waals surface area contributed by atoms with Crippen LogP contribution in [-0.4, -0.2) is 52.8 Å². The first-order valence-corrected chi connectivity index (χ1v) is 10.7. The number of halogens is 1. The van der Waals surface area contributed by atoms with Crippen molar-refractivity contribution in [2.45, 2.75) is 31.6 Å². The molecule has 2 fully saturated rings. The van der Waals surface area contributed by atoms with E-state index in [2.05, 4.69) is 29.2 Å². The SMILES string of the molecule is O=C(c1ccc(Cl)nc1)N1CCCC(C(=O)N2CCC(c3ccccc3)CC2)C1. The molecule has 0 spiro atoms. The predicted octanol–water partition coefficient (Wildman–Crippen LogP) is 3.99. The summed E-state index contributed by atoms with van der Waals surface area (Å²) in [6.45, 7) is 2.76. The molecule has 152 valence electrons. The number of pyridine rings is 1. The van der Waals surface area contributed by atoms with Gasteiger partial charge in [-0.2, -0.15) is 0 Å². The number of aromatic nitrogens is 1. The van der Waals surface area contributed by atoms with E-state index < -0.39 is 0 Å².